The Balaban J connectivity index is 1.52. The van der Waals surface area contributed by atoms with E-state index in [9.17, 15) is 9.59 Å². The highest BCUT2D eigenvalue weighted by molar-refractivity contribution is 5.98. The van der Waals surface area contributed by atoms with Crippen LogP contribution in [-0.4, -0.2) is 41.3 Å². The molecule has 1 fully saturated rings. The summed E-state index contributed by atoms with van der Waals surface area (Å²) in [5.41, 5.74) is 2.22. The predicted molar refractivity (Wildman–Crippen MR) is 115 cm³/mol. The zero-order valence-corrected chi connectivity index (χ0v) is 17.3. The van der Waals surface area contributed by atoms with Crippen LogP contribution in [0.15, 0.2) is 48.7 Å². The Morgan fingerprint density at radius 1 is 1.10 bits per heavy atom. The van der Waals surface area contributed by atoms with E-state index in [1.54, 1.807) is 18.3 Å². The van der Waals surface area contributed by atoms with Gasteiger partial charge in [-0.1, -0.05) is 50.1 Å². The van der Waals surface area contributed by atoms with Gasteiger partial charge in [-0.15, -0.1) is 0 Å². The molecule has 5 heteroatoms. The van der Waals surface area contributed by atoms with Gasteiger partial charge in [0.25, 0.3) is 11.8 Å². The van der Waals surface area contributed by atoms with Crippen LogP contribution >= 0.6 is 0 Å². The second kappa shape index (κ2) is 10.7. The van der Waals surface area contributed by atoms with Crippen molar-refractivity contribution in [1.82, 2.24) is 15.2 Å². The molecule has 1 saturated heterocycles. The molecule has 0 atom stereocenters. The molecule has 2 aromatic rings. The summed E-state index contributed by atoms with van der Waals surface area (Å²) in [6.07, 6.45) is 7.80. The monoisotopic (exact) mass is 393 g/mol. The third kappa shape index (κ3) is 6.14. The predicted octanol–water partition coefficient (Wildman–Crippen LogP) is 4.10. The molecule has 5 nitrogen and oxygen atoms in total. The average Bonchev–Trinajstić information content (AvgIpc) is 2.77. The van der Waals surface area contributed by atoms with Gasteiger partial charge in [0.1, 0.15) is 5.69 Å². The van der Waals surface area contributed by atoms with Gasteiger partial charge in [0.15, 0.2) is 0 Å². The van der Waals surface area contributed by atoms with Crippen molar-refractivity contribution in [2.24, 2.45) is 5.92 Å². The van der Waals surface area contributed by atoms with Crippen LogP contribution in [0, 0.1) is 5.92 Å². The maximum absolute atomic E-state index is 12.9. The van der Waals surface area contributed by atoms with Gasteiger partial charge in [-0.05, 0) is 49.3 Å². The van der Waals surface area contributed by atoms with Crippen molar-refractivity contribution < 1.29 is 9.59 Å². The lowest BCUT2D eigenvalue weighted by Gasteiger charge is -2.32. The van der Waals surface area contributed by atoms with Crippen LogP contribution in [0.4, 0.5) is 0 Å². The molecule has 1 aromatic carbocycles. The van der Waals surface area contributed by atoms with Crippen molar-refractivity contribution in [1.29, 1.82) is 0 Å². The van der Waals surface area contributed by atoms with E-state index < -0.39 is 0 Å². The fraction of sp³-hybridized carbons (Fsp3) is 0.458. The van der Waals surface area contributed by atoms with Gasteiger partial charge < -0.3 is 10.2 Å². The summed E-state index contributed by atoms with van der Waals surface area (Å²) >= 11 is 0. The van der Waals surface area contributed by atoms with E-state index in [4.69, 9.17) is 0 Å². The summed E-state index contributed by atoms with van der Waals surface area (Å²) in [5.74, 6) is 0.395. The number of benzene rings is 1. The van der Waals surface area contributed by atoms with Crippen LogP contribution in [0.1, 0.15) is 65.4 Å². The molecule has 0 bridgehead atoms. The molecular weight excluding hydrogens is 362 g/mol. The molecule has 154 valence electrons. The second-order valence-electron chi connectivity index (χ2n) is 7.82. The van der Waals surface area contributed by atoms with Crippen LogP contribution in [-0.2, 0) is 6.42 Å². The van der Waals surface area contributed by atoms with E-state index in [1.807, 2.05) is 11.0 Å². The lowest BCUT2D eigenvalue weighted by Crippen LogP contribution is -2.39. The highest BCUT2D eigenvalue weighted by atomic mass is 16.2. The smallest absolute Gasteiger partial charge is 0.269 e. The van der Waals surface area contributed by atoms with Gasteiger partial charge in [0.2, 0.25) is 0 Å². The number of likely N-dealkylation sites (tertiary alicyclic amines) is 1. The maximum atomic E-state index is 12.9. The number of aromatic nitrogens is 1. The maximum Gasteiger partial charge on any atom is 0.269 e. The molecule has 1 aliphatic heterocycles. The Labute approximate surface area is 173 Å². The first kappa shape index (κ1) is 21.0. The van der Waals surface area contributed by atoms with Crippen LogP contribution in [0.25, 0.3) is 0 Å². The number of piperidine rings is 1. The van der Waals surface area contributed by atoms with Gasteiger partial charge in [-0.3, -0.25) is 14.6 Å². The summed E-state index contributed by atoms with van der Waals surface area (Å²) in [6.45, 7) is 4.29. The van der Waals surface area contributed by atoms with Crippen molar-refractivity contribution in [3.63, 3.8) is 0 Å². The molecule has 0 radical (unpaired) electrons. The minimum atomic E-state index is -0.211. The van der Waals surface area contributed by atoms with Crippen LogP contribution in [0.3, 0.4) is 0 Å². The van der Waals surface area contributed by atoms with Gasteiger partial charge in [-0.2, -0.15) is 0 Å². The van der Waals surface area contributed by atoms with Crippen molar-refractivity contribution in [2.45, 2.75) is 45.4 Å². The summed E-state index contributed by atoms with van der Waals surface area (Å²) in [5, 5.41) is 2.88. The Bertz CT molecular complexity index is 799. The molecule has 1 aliphatic rings. The highest BCUT2D eigenvalue weighted by Gasteiger charge is 2.24. The number of carbonyl (C=O) groups excluding carboxylic acids is 2. The Morgan fingerprint density at radius 2 is 1.86 bits per heavy atom. The van der Waals surface area contributed by atoms with Crippen molar-refractivity contribution in [3.05, 3.63) is 65.5 Å². The molecule has 0 saturated carbocycles. The zero-order valence-electron chi connectivity index (χ0n) is 17.3. The number of unbranched alkanes of at least 4 members (excludes halogenated alkanes) is 2. The fourth-order valence-corrected chi connectivity index (χ4v) is 3.83. The third-order valence-electron chi connectivity index (χ3n) is 5.57. The minimum Gasteiger partial charge on any atom is -0.351 e. The van der Waals surface area contributed by atoms with E-state index in [2.05, 4.69) is 41.5 Å². The number of pyridine rings is 1. The highest BCUT2D eigenvalue weighted by Crippen LogP contribution is 2.23. The van der Waals surface area contributed by atoms with Gasteiger partial charge in [0, 0.05) is 31.4 Å². The number of nitrogens with zero attached hydrogens (tertiary/aromatic N) is 2. The molecule has 1 aromatic heterocycles. The molecular formula is C24H31N3O2. The molecule has 29 heavy (non-hydrogen) atoms. The molecule has 1 N–H and O–H groups in total. The van der Waals surface area contributed by atoms with Crippen LogP contribution < -0.4 is 5.32 Å². The zero-order chi connectivity index (χ0) is 20.5. The first-order chi connectivity index (χ1) is 14.2. The summed E-state index contributed by atoms with van der Waals surface area (Å²) in [7, 11) is 0. The minimum absolute atomic E-state index is 0.00871. The fourth-order valence-electron chi connectivity index (χ4n) is 3.83. The number of carbonyl (C=O) groups is 2. The standard InChI is InChI=1S/C24H31N3O2/c1-2-3-7-13-26-23(28)22-18-21(10-14-25-22)24(29)27-15-11-20(12-16-27)17-19-8-5-4-6-9-19/h4-6,8-10,14,18,20H,2-3,7,11-13,15-17H2,1H3,(H,26,28). The van der Waals surface area contributed by atoms with Crippen molar-refractivity contribution in [2.75, 3.05) is 19.6 Å². The Hall–Kier alpha value is -2.69. The van der Waals surface area contributed by atoms with Gasteiger partial charge >= 0.3 is 0 Å². The number of amides is 2. The van der Waals surface area contributed by atoms with Crippen molar-refractivity contribution >= 4 is 11.8 Å². The summed E-state index contributed by atoms with van der Waals surface area (Å²) in [6, 6.07) is 13.9. The summed E-state index contributed by atoms with van der Waals surface area (Å²) < 4.78 is 0. The van der Waals surface area contributed by atoms with E-state index >= 15 is 0 Å². The van der Waals surface area contributed by atoms with Crippen LogP contribution in [0.2, 0.25) is 0 Å². The lowest BCUT2D eigenvalue weighted by molar-refractivity contribution is 0.0690. The molecule has 2 heterocycles. The Kier molecular flexibility index (Phi) is 7.79. The van der Waals surface area contributed by atoms with Gasteiger partial charge in [0.05, 0.1) is 0 Å². The molecule has 0 aliphatic carbocycles. The van der Waals surface area contributed by atoms with E-state index in [1.165, 1.54) is 5.56 Å². The number of hydrogen-bond acceptors (Lipinski definition) is 3. The van der Waals surface area contributed by atoms with E-state index in [0.29, 0.717) is 23.7 Å². The normalized spacial score (nSPS) is 14.6. The molecule has 3 rings (SSSR count). The largest absolute Gasteiger partial charge is 0.351 e. The van der Waals surface area contributed by atoms with E-state index in [-0.39, 0.29) is 11.8 Å². The average molecular weight is 394 g/mol. The number of nitrogens with one attached hydrogen (secondary N) is 1. The van der Waals surface area contributed by atoms with Crippen molar-refractivity contribution in [3.8, 4) is 0 Å². The molecule has 0 unspecified atom stereocenters. The second-order valence-corrected chi connectivity index (χ2v) is 7.82. The van der Waals surface area contributed by atoms with E-state index in [0.717, 1.165) is 51.6 Å². The topological polar surface area (TPSA) is 62.3 Å². The third-order valence-corrected chi connectivity index (χ3v) is 5.57. The Morgan fingerprint density at radius 3 is 2.59 bits per heavy atom. The summed E-state index contributed by atoms with van der Waals surface area (Å²) in [4.78, 5) is 31.2. The first-order valence-corrected chi connectivity index (χ1v) is 10.7. The molecule has 0 spiro atoms. The first-order valence-electron chi connectivity index (χ1n) is 10.7. The quantitative estimate of drug-likeness (QED) is 0.687. The number of rotatable bonds is 8. The lowest BCUT2D eigenvalue weighted by atomic mass is 9.90. The SMILES string of the molecule is CCCCCNC(=O)c1cc(C(=O)N2CCC(Cc3ccccc3)CC2)ccn1. The van der Waals surface area contributed by atoms with Crippen LogP contribution in [0.5, 0.6) is 0 Å². The molecule has 2 amide bonds. The number of hydrogen-bond donors (Lipinski definition) is 1. The van der Waals surface area contributed by atoms with Gasteiger partial charge in [-0.25, -0.2) is 0 Å².